The Morgan fingerprint density at radius 3 is 2.19 bits per heavy atom. The van der Waals surface area contributed by atoms with Gasteiger partial charge in [0.2, 0.25) is 0 Å². The molecular formula is C12H14O4. The molecule has 16 heavy (non-hydrogen) atoms. The molecule has 0 aliphatic rings. The Morgan fingerprint density at radius 2 is 1.81 bits per heavy atom. The van der Waals surface area contributed by atoms with Gasteiger partial charge in [0.25, 0.3) is 0 Å². The van der Waals surface area contributed by atoms with E-state index >= 15 is 0 Å². The molecule has 0 aliphatic carbocycles. The van der Waals surface area contributed by atoms with Crippen molar-refractivity contribution >= 4 is 11.9 Å². The Balaban J connectivity index is 3.42. The van der Waals surface area contributed by atoms with Crippen LogP contribution < -0.4 is 0 Å². The van der Waals surface area contributed by atoms with E-state index in [-0.39, 0.29) is 6.42 Å². The van der Waals surface area contributed by atoms with Crippen molar-refractivity contribution in [3.63, 3.8) is 0 Å². The molecule has 1 aromatic carbocycles. The molecule has 0 fully saturated rings. The lowest BCUT2D eigenvalue weighted by atomic mass is 9.78. The van der Waals surface area contributed by atoms with Gasteiger partial charge in [-0.3, -0.25) is 9.59 Å². The molecule has 0 spiro atoms. The van der Waals surface area contributed by atoms with Crippen LogP contribution in [-0.4, -0.2) is 22.2 Å². The summed E-state index contributed by atoms with van der Waals surface area (Å²) in [4.78, 5) is 22.4. The lowest BCUT2D eigenvalue weighted by Crippen LogP contribution is -2.43. The van der Waals surface area contributed by atoms with Crippen LogP contribution in [0.25, 0.3) is 0 Å². The third kappa shape index (κ3) is 1.78. The van der Waals surface area contributed by atoms with E-state index in [0.717, 1.165) is 5.56 Å². The van der Waals surface area contributed by atoms with Crippen LogP contribution >= 0.6 is 0 Å². The van der Waals surface area contributed by atoms with E-state index in [2.05, 4.69) is 0 Å². The number of carboxylic acids is 2. The molecule has 2 N–H and O–H groups in total. The summed E-state index contributed by atoms with van der Waals surface area (Å²) in [6.07, 6.45) is 0.0150. The molecule has 1 rings (SSSR count). The van der Waals surface area contributed by atoms with Crippen LogP contribution in [0.5, 0.6) is 0 Å². The van der Waals surface area contributed by atoms with E-state index in [9.17, 15) is 9.59 Å². The number of carboxylic acid groups (broad SMARTS) is 2. The molecule has 4 heteroatoms. The number of aliphatic carboxylic acids is 2. The minimum atomic E-state index is -1.84. The molecule has 0 atom stereocenters. The first-order chi connectivity index (χ1) is 7.45. The molecule has 4 nitrogen and oxygen atoms in total. The van der Waals surface area contributed by atoms with Crippen molar-refractivity contribution in [1.29, 1.82) is 0 Å². The van der Waals surface area contributed by atoms with Crippen molar-refractivity contribution in [1.82, 2.24) is 0 Å². The van der Waals surface area contributed by atoms with Gasteiger partial charge in [-0.1, -0.05) is 36.8 Å². The van der Waals surface area contributed by atoms with Crippen LogP contribution in [0.2, 0.25) is 0 Å². The van der Waals surface area contributed by atoms with Gasteiger partial charge in [-0.05, 0) is 18.9 Å². The Labute approximate surface area is 93.5 Å². The molecule has 0 bridgehead atoms. The van der Waals surface area contributed by atoms with E-state index in [1.807, 2.05) is 0 Å². The minimum Gasteiger partial charge on any atom is -0.480 e. The molecule has 0 heterocycles. The SMILES string of the molecule is CCC(C(=O)O)(C(=O)O)c1cccc(C)c1. The molecule has 0 radical (unpaired) electrons. The van der Waals surface area contributed by atoms with Gasteiger partial charge in [0.05, 0.1) is 0 Å². The van der Waals surface area contributed by atoms with Crippen LogP contribution in [0, 0.1) is 6.92 Å². The highest BCUT2D eigenvalue weighted by Gasteiger charge is 2.46. The van der Waals surface area contributed by atoms with Crippen molar-refractivity contribution in [3.05, 3.63) is 35.4 Å². The molecule has 0 saturated heterocycles. The van der Waals surface area contributed by atoms with Crippen LogP contribution in [0.1, 0.15) is 24.5 Å². The van der Waals surface area contributed by atoms with Crippen LogP contribution in [-0.2, 0) is 15.0 Å². The summed E-state index contributed by atoms with van der Waals surface area (Å²) in [7, 11) is 0. The first-order valence-electron chi connectivity index (χ1n) is 4.99. The van der Waals surface area contributed by atoms with Crippen molar-refractivity contribution < 1.29 is 19.8 Å². The van der Waals surface area contributed by atoms with Gasteiger partial charge >= 0.3 is 11.9 Å². The Bertz CT molecular complexity index is 409. The van der Waals surface area contributed by atoms with Crippen molar-refractivity contribution in [2.45, 2.75) is 25.7 Å². The monoisotopic (exact) mass is 222 g/mol. The lowest BCUT2D eigenvalue weighted by Gasteiger charge is -2.23. The molecule has 1 aromatic rings. The molecular weight excluding hydrogens is 208 g/mol. The minimum absolute atomic E-state index is 0.0150. The van der Waals surface area contributed by atoms with Gasteiger partial charge in [0, 0.05) is 0 Å². The maximum atomic E-state index is 11.2. The van der Waals surface area contributed by atoms with Crippen LogP contribution in [0.3, 0.4) is 0 Å². The normalized spacial score (nSPS) is 11.1. The second-order valence-corrected chi connectivity index (χ2v) is 3.74. The number of hydrogen-bond donors (Lipinski definition) is 2. The second kappa shape index (κ2) is 4.35. The summed E-state index contributed by atoms with van der Waals surface area (Å²) in [6.45, 7) is 3.36. The highest BCUT2D eigenvalue weighted by Crippen LogP contribution is 2.29. The fraction of sp³-hybridized carbons (Fsp3) is 0.333. The third-order valence-corrected chi connectivity index (χ3v) is 2.77. The molecule has 0 amide bonds. The molecule has 0 unspecified atom stereocenters. The van der Waals surface area contributed by atoms with Crippen LogP contribution in [0.4, 0.5) is 0 Å². The fourth-order valence-corrected chi connectivity index (χ4v) is 1.76. The van der Waals surface area contributed by atoms with E-state index in [1.54, 1.807) is 38.1 Å². The highest BCUT2D eigenvalue weighted by atomic mass is 16.4. The van der Waals surface area contributed by atoms with Crippen molar-refractivity contribution in [2.24, 2.45) is 0 Å². The summed E-state index contributed by atoms with van der Waals surface area (Å²) >= 11 is 0. The number of benzene rings is 1. The predicted molar refractivity (Wildman–Crippen MR) is 58.4 cm³/mol. The first-order valence-corrected chi connectivity index (χ1v) is 4.99. The summed E-state index contributed by atoms with van der Waals surface area (Å²) < 4.78 is 0. The Kier molecular flexibility index (Phi) is 3.32. The zero-order chi connectivity index (χ0) is 12.3. The van der Waals surface area contributed by atoms with E-state index in [1.165, 1.54) is 0 Å². The zero-order valence-electron chi connectivity index (χ0n) is 9.23. The summed E-state index contributed by atoms with van der Waals surface area (Å²) in [5, 5.41) is 18.3. The smallest absolute Gasteiger partial charge is 0.325 e. The quantitative estimate of drug-likeness (QED) is 0.762. The van der Waals surface area contributed by atoms with Gasteiger partial charge in [-0.25, -0.2) is 0 Å². The Morgan fingerprint density at radius 1 is 1.25 bits per heavy atom. The first kappa shape index (κ1) is 12.2. The molecule has 86 valence electrons. The van der Waals surface area contributed by atoms with E-state index in [4.69, 9.17) is 10.2 Å². The summed E-state index contributed by atoms with van der Waals surface area (Å²) in [5.41, 5.74) is -0.681. The topological polar surface area (TPSA) is 74.6 Å². The Hall–Kier alpha value is -1.84. The molecule has 0 aliphatic heterocycles. The van der Waals surface area contributed by atoms with Crippen LogP contribution in [0.15, 0.2) is 24.3 Å². The van der Waals surface area contributed by atoms with Gasteiger partial charge in [0.15, 0.2) is 5.41 Å². The largest absolute Gasteiger partial charge is 0.480 e. The predicted octanol–water partition coefficient (Wildman–Crippen LogP) is 1.81. The summed E-state index contributed by atoms with van der Waals surface area (Å²) in [6, 6.07) is 6.61. The van der Waals surface area contributed by atoms with Gasteiger partial charge in [-0.15, -0.1) is 0 Å². The highest BCUT2D eigenvalue weighted by molar-refractivity contribution is 6.04. The number of aryl methyl sites for hydroxylation is 1. The van der Waals surface area contributed by atoms with E-state index in [0.29, 0.717) is 5.56 Å². The van der Waals surface area contributed by atoms with Gasteiger partial charge in [-0.2, -0.15) is 0 Å². The van der Waals surface area contributed by atoms with Gasteiger partial charge < -0.3 is 10.2 Å². The zero-order valence-corrected chi connectivity index (χ0v) is 9.23. The van der Waals surface area contributed by atoms with Gasteiger partial charge in [0.1, 0.15) is 0 Å². The van der Waals surface area contributed by atoms with Crippen molar-refractivity contribution in [3.8, 4) is 0 Å². The lowest BCUT2D eigenvalue weighted by molar-refractivity contribution is -0.157. The number of rotatable bonds is 4. The average molecular weight is 222 g/mol. The number of carbonyl (C=O) groups is 2. The third-order valence-electron chi connectivity index (χ3n) is 2.77. The van der Waals surface area contributed by atoms with Crippen molar-refractivity contribution in [2.75, 3.05) is 0 Å². The maximum absolute atomic E-state index is 11.2. The standard InChI is InChI=1S/C12H14O4/c1-3-12(10(13)14,11(15)16)9-6-4-5-8(2)7-9/h4-7H,3H2,1-2H3,(H,13,14)(H,15,16). The maximum Gasteiger partial charge on any atom is 0.325 e. The number of hydrogen-bond acceptors (Lipinski definition) is 2. The molecule has 0 saturated carbocycles. The molecule has 0 aromatic heterocycles. The second-order valence-electron chi connectivity index (χ2n) is 3.74. The summed E-state index contributed by atoms with van der Waals surface area (Å²) in [5.74, 6) is -2.65. The van der Waals surface area contributed by atoms with E-state index < -0.39 is 17.4 Å². The average Bonchev–Trinajstić information content (AvgIpc) is 2.18. The fourth-order valence-electron chi connectivity index (χ4n) is 1.76.